The predicted octanol–water partition coefficient (Wildman–Crippen LogP) is 4.16. The van der Waals surface area contributed by atoms with Crippen molar-refractivity contribution in [2.45, 2.75) is 11.8 Å². The summed E-state index contributed by atoms with van der Waals surface area (Å²) in [5, 5.41) is 2.72. The number of carbonyl (C=O) groups excluding carboxylic acids is 1. The minimum atomic E-state index is -3.95. The summed E-state index contributed by atoms with van der Waals surface area (Å²) in [7, 11) is -2.38. The summed E-state index contributed by atoms with van der Waals surface area (Å²) in [6, 6.07) is 20.4. The molecule has 0 saturated heterocycles. The molecule has 0 heterocycles. The maximum Gasteiger partial charge on any atom is 0.264 e. The molecule has 3 rings (SSSR count). The van der Waals surface area contributed by atoms with Gasteiger partial charge in [-0.3, -0.25) is 9.10 Å². The third-order valence-electron chi connectivity index (χ3n) is 4.74. The van der Waals surface area contributed by atoms with E-state index in [1.807, 2.05) is 6.92 Å². The van der Waals surface area contributed by atoms with Gasteiger partial charge in [-0.1, -0.05) is 39.7 Å². The largest absolute Gasteiger partial charge is 0.497 e. The zero-order valence-corrected chi connectivity index (χ0v) is 20.7. The molecule has 3 aromatic rings. The van der Waals surface area contributed by atoms with Gasteiger partial charge in [0.05, 0.1) is 24.2 Å². The molecule has 0 aliphatic rings. The van der Waals surface area contributed by atoms with Gasteiger partial charge in [0.1, 0.15) is 24.7 Å². The Morgan fingerprint density at radius 2 is 1.67 bits per heavy atom. The van der Waals surface area contributed by atoms with Crippen LogP contribution in [0.4, 0.5) is 5.69 Å². The first-order valence-electron chi connectivity index (χ1n) is 10.2. The second kappa shape index (κ2) is 11.2. The van der Waals surface area contributed by atoms with Gasteiger partial charge in [0.15, 0.2) is 0 Å². The molecule has 33 heavy (non-hydrogen) atoms. The lowest BCUT2D eigenvalue weighted by Crippen LogP contribution is -2.41. The summed E-state index contributed by atoms with van der Waals surface area (Å²) in [6.07, 6.45) is 0. The second-order valence-electron chi connectivity index (χ2n) is 7.18. The molecule has 1 amide bonds. The Hall–Kier alpha value is -3.04. The zero-order chi connectivity index (χ0) is 23.8. The maximum atomic E-state index is 13.3. The van der Waals surface area contributed by atoms with Crippen LogP contribution in [0.2, 0.25) is 0 Å². The minimum Gasteiger partial charge on any atom is -0.497 e. The van der Waals surface area contributed by atoms with E-state index in [1.54, 1.807) is 67.8 Å². The molecule has 0 saturated carbocycles. The predicted molar refractivity (Wildman–Crippen MR) is 131 cm³/mol. The van der Waals surface area contributed by atoms with E-state index in [0.29, 0.717) is 17.2 Å². The van der Waals surface area contributed by atoms with E-state index < -0.39 is 15.9 Å². The number of hydrogen-bond donors (Lipinski definition) is 1. The molecular weight excluding hydrogens is 508 g/mol. The van der Waals surface area contributed by atoms with Crippen molar-refractivity contribution in [3.05, 3.63) is 82.8 Å². The Labute approximate surface area is 202 Å². The highest BCUT2D eigenvalue weighted by Crippen LogP contribution is 2.25. The molecular formula is C24H25BrN2O5S. The smallest absolute Gasteiger partial charge is 0.264 e. The summed E-state index contributed by atoms with van der Waals surface area (Å²) in [5.74, 6) is 0.841. The normalized spacial score (nSPS) is 11.0. The standard InChI is InChI=1S/C24H25BrN2O5S/c1-18-6-12-23(13-7-18)33(29,30)27(20-10-8-19(25)9-11-20)17-24(28)26-14-15-32-22-5-3-4-21(16-22)31-2/h3-13,16H,14-15,17H2,1-2H3,(H,26,28). The summed E-state index contributed by atoms with van der Waals surface area (Å²) < 4.78 is 39.3. The van der Waals surface area contributed by atoms with Crippen LogP contribution in [-0.2, 0) is 14.8 Å². The summed E-state index contributed by atoms with van der Waals surface area (Å²) in [5.41, 5.74) is 1.33. The molecule has 0 atom stereocenters. The molecule has 0 bridgehead atoms. The number of hydrogen-bond acceptors (Lipinski definition) is 5. The average Bonchev–Trinajstić information content (AvgIpc) is 2.81. The topological polar surface area (TPSA) is 84.9 Å². The fourth-order valence-electron chi connectivity index (χ4n) is 3.00. The van der Waals surface area contributed by atoms with Gasteiger partial charge in [0.2, 0.25) is 5.91 Å². The summed E-state index contributed by atoms with van der Waals surface area (Å²) in [4.78, 5) is 12.8. The number of ether oxygens (including phenoxy) is 2. The Kier molecular flexibility index (Phi) is 8.35. The molecule has 1 N–H and O–H groups in total. The molecule has 3 aromatic carbocycles. The van der Waals surface area contributed by atoms with Gasteiger partial charge in [-0.2, -0.15) is 0 Å². The van der Waals surface area contributed by atoms with Crippen molar-refractivity contribution >= 4 is 37.5 Å². The fraction of sp³-hybridized carbons (Fsp3) is 0.208. The lowest BCUT2D eigenvalue weighted by molar-refractivity contribution is -0.119. The summed E-state index contributed by atoms with van der Waals surface area (Å²) >= 11 is 3.35. The molecule has 9 heteroatoms. The second-order valence-corrected chi connectivity index (χ2v) is 9.96. The molecule has 0 aromatic heterocycles. The van der Waals surface area contributed by atoms with Crippen molar-refractivity contribution in [1.82, 2.24) is 5.32 Å². The SMILES string of the molecule is COc1cccc(OCCNC(=O)CN(c2ccc(Br)cc2)S(=O)(=O)c2ccc(C)cc2)c1. The maximum absolute atomic E-state index is 13.3. The van der Waals surface area contributed by atoms with Crippen molar-refractivity contribution in [3.8, 4) is 11.5 Å². The Morgan fingerprint density at radius 1 is 1.00 bits per heavy atom. The van der Waals surface area contributed by atoms with Gasteiger partial charge >= 0.3 is 0 Å². The molecule has 0 spiro atoms. The van der Waals surface area contributed by atoms with Crippen molar-refractivity contribution in [2.24, 2.45) is 0 Å². The van der Waals surface area contributed by atoms with E-state index in [1.165, 1.54) is 12.1 Å². The first-order chi connectivity index (χ1) is 15.8. The molecule has 0 fully saturated rings. The molecule has 0 aliphatic carbocycles. The van der Waals surface area contributed by atoms with Crippen LogP contribution >= 0.6 is 15.9 Å². The highest BCUT2D eigenvalue weighted by Gasteiger charge is 2.27. The monoisotopic (exact) mass is 532 g/mol. The van der Waals surface area contributed by atoms with E-state index in [0.717, 1.165) is 14.3 Å². The van der Waals surface area contributed by atoms with Crippen LogP contribution in [0.5, 0.6) is 11.5 Å². The average molecular weight is 533 g/mol. The lowest BCUT2D eigenvalue weighted by atomic mass is 10.2. The minimum absolute atomic E-state index is 0.116. The Bertz CT molecular complexity index is 1180. The molecule has 0 radical (unpaired) electrons. The van der Waals surface area contributed by atoms with Crippen LogP contribution in [0.25, 0.3) is 0 Å². The number of rotatable bonds is 10. The van der Waals surface area contributed by atoms with Gasteiger partial charge in [-0.05, 0) is 55.5 Å². The number of nitrogens with one attached hydrogen (secondary N) is 1. The van der Waals surface area contributed by atoms with Crippen LogP contribution < -0.4 is 19.1 Å². The van der Waals surface area contributed by atoms with Gasteiger partial charge in [-0.15, -0.1) is 0 Å². The van der Waals surface area contributed by atoms with E-state index in [4.69, 9.17) is 9.47 Å². The number of benzene rings is 3. The van der Waals surface area contributed by atoms with Crippen molar-refractivity contribution < 1.29 is 22.7 Å². The van der Waals surface area contributed by atoms with E-state index >= 15 is 0 Å². The first kappa shape index (κ1) is 24.6. The quantitative estimate of drug-likeness (QED) is 0.396. The van der Waals surface area contributed by atoms with E-state index in [2.05, 4.69) is 21.2 Å². The van der Waals surface area contributed by atoms with Crippen LogP contribution in [-0.4, -0.2) is 41.1 Å². The Morgan fingerprint density at radius 3 is 2.33 bits per heavy atom. The molecule has 0 aliphatic heterocycles. The van der Waals surface area contributed by atoms with Gasteiger partial charge in [-0.25, -0.2) is 8.42 Å². The highest BCUT2D eigenvalue weighted by molar-refractivity contribution is 9.10. The first-order valence-corrected chi connectivity index (χ1v) is 12.4. The highest BCUT2D eigenvalue weighted by atomic mass is 79.9. The number of aryl methyl sites for hydroxylation is 1. The molecule has 7 nitrogen and oxygen atoms in total. The zero-order valence-electron chi connectivity index (χ0n) is 18.3. The number of methoxy groups -OCH3 is 1. The number of carbonyl (C=O) groups is 1. The van der Waals surface area contributed by atoms with Crippen LogP contribution in [0.1, 0.15) is 5.56 Å². The van der Waals surface area contributed by atoms with Gasteiger partial charge in [0.25, 0.3) is 10.0 Å². The van der Waals surface area contributed by atoms with Crippen molar-refractivity contribution in [1.29, 1.82) is 0 Å². The number of amides is 1. The van der Waals surface area contributed by atoms with Crippen LogP contribution in [0, 0.1) is 6.92 Å². The molecule has 174 valence electrons. The number of halogens is 1. The van der Waals surface area contributed by atoms with Gasteiger partial charge in [0, 0.05) is 10.5 Å². The fourth-order valence-corrected chi connectivity index (χ4v) is 4.68. The van der Waals surface area contributed by atoms with Crippen LogP contribution in [0.3, 0.4) is 0 Å². The number of anilines is 1. The van der Waals surface area contributed by atoms with E-state index in [-0.39, 0.29) is 24.6 Å². The number of sulfonamides is 1. The van der Waals surface area contributed by atoms with E-state index in [9.17, 15) is 13.2 Å². The third kappa shape index (κ3) is 6.72. The third-order valence-corrected chi connectivity index (χ3v) is 7.06. The number of nitrogens with zero attached hydrogens (tertiary/aromatic N) is 1. The molecule has 0 unspecified atom stereocenters. The Balaban J connectivity index is 1.68. The van der Waals surface area contributed by atoms with Crippen molar-refractivity contribution in [2.75, 3.05) is 31.1 Å². The van der Waals surface area contributed by atoms with Crippen LogP contribution in [0.15, 0.2) is 82.2 Å². The van der Waals surface area contributed by atoms with Crippen molar-refractivity contribution in [3.63, 3.8) is 0 Å². The van der Waals surface area contributed by atoms with Gasteiger partial charge < -0.3 is 14.8 Å². The summed E-state index contributed by atoms with van der Waals surface area (Å²) in [6.45, 7) is 1.96. The lowest BCUT2D eigenvalue weighted by Gasteiger charge is -2.24.